The Bertz CT molecular complexity index is 425. The molecule has 102 valence electrons. The Balaban J connectivity index is 3.51. The Hall–Kier alpha value is 0.460. The smallest absolute Gasteiger partial charge is 0.122 e. The van der Waals surface area contributed by atoms with Gasteiger partial charge in [-0.05, 0) is 23.0 Å². The molecule has 0 bridgehead atoms. The lowest BCUT2D eigenvalue weighted by molar-refractivity contribution is 0.453. The number of hydrogen-bond donors (Lipinski definition) is 1. The molecule has 0 aromatic heterocycles. The second-order valence-electron chi connectivity index (χ2n) is 5.11. The summed E-state index contributed by atoms with van der Waals surface area (Å²) in [7, 11) is 0. The van der Waals surface area contributed by atoms with Crippen molar-refractivity contribution < 1.29 is 5.11 Å². The van der Waals surface area contributed by atoms with E-state index >= 15 is 0 Å². The summed E-state index contributed by atoms with van der Waals surface area (Å²) < 4.78 is -0.341. The number of benzene rings is 1. The monoisotopic (exact) mass is 440 g/mol. The van der Waals surface area contributed by atoms with E-state index < -0.39 is 0 Å². The summed E-state index contributed by atoms with van der Waals surface area (Å²) in [4.78, 5) is 0. The maximum absolute atomic E-state index is 10.5. The van der Waals surface area contributed by atoms with Crippen LogP contribution in [0.3, 0.4) is 0 Å². The van der Waals surface area contributed by atoms with E-state index in [0.717, 1.165) is 22.0 Å². The normalized spacial score (nSPS) is 12.5. The van der Waals surface area contributed by atoms with E-state index in [9.17, 15) is 5.11 Å². The highest BCUT2D eigenvalue weighted by Gasteiger charge is 2.30. The van der Waals surface area contributed by atoms with Crippen molar-refractivity contribution in [2.75, 3.05) is 5.33 Å². The molecule has 0 aliphatic carbocycles. The van der Waals surface area contributed by atoms with Gasteiger partial charge in [0, 0.05) is 10.9 Å². The molecule has 0 atom stereocenters. The van der Waals surface area contributed by atoms with Crippen molar-refractivity contribution in [3.63, 3.8) is 0 Å². The van der Waals surface area contributed by atoms with Crippen molar-refractivity contribution in [3.8, 4) is 5.75 Å². The van der Waals surface area contributed by atoms with Gasteiger partial charge >= 0.3 is 0 Å². The van der Waals surface area contributed by atoms with Gasteiger partial charge in [0.05, 0.1) is 0 Å². The van der Waals surface area contributed by atoms with Gasteiger partial charge in [-0.1, -0.05) is 87.6 Å². The summed E-state index contributed by atoms with van der Waals surface area (Å²) in [5.41, 5.74) is 3.10. The molecule has 1 N–H and O–H groups in total. The number of rotatable bonds is 4. The van der Waals surface area contributed by atoms with Crippen molar-refractivity contribution in [2.24, 2.45) is 0 Å². The predicted molar refractivity (Wildman–Crippen MR) is 89.6 cm³/mol. The van der Waals surface area contributed by atoms with Crippen molar-refractivity contribution in [3.05, 3.63) is 28.8 Å². The first-order valence-electron chi connectivity index (χ1n) is 6.02. The Morgan fingerprint density at radius 2 is 1.67 bits per heavy atom. The molecular formula is C14H19Br3O. The summed E-state index contributed by atoms with van der Waals surface area (Å²) in [6, 6.07) is 4.11. The van der Waals surface area contributed by atoms with Crippen LogP contribution >= 0.6 is 47.8 Å². The summed E-state index contributed by atoms with van der Waals surface area (Å²) in [5.74, 6) is 1.02. The first kappa shape index (κ1) is 16.5. The van der Waals surface area contributed by atoms with E-state index in [1.165, 1.54) is 0 Å². The minimum absolute atomic E-state index is 0.271. The van der Waals surface area contributed by atoms with Crippen LogP contribution in [0.15, 0.2) is 12.1 Å². The molecule has 0 fully saturated rings. The minimum atomic E-state index is -0.341. The second kappa shape index (κ2) is 6.27. The number of phenols is 1. The SMILES string of the molecule is CC(C)c1ccc(C(Br)(Br)CBr)c(C(C)C)c1O. The zero-order valence-corrected chi connectivity index (χ0v) is 15.9. The molecule has 0 unspecified atom stereocenters. The Morgan fingerprint density at radius 1 is 1.11 bits per heavy atom. The maximum atomic E-state index is 10.5. The molecule has 0 heterocycles. The molecule has 0 spiro atoms. The fourth-order valence-electron chi connectivity index (χ4n) is 2.07. The molecule has 0 saturated carbocycles. The van der Waals surface area contributed by atoms with Crippen molar-refractivity contribution in [1.82, 2.24) is 0 Å². The quantitative estimate of drug-likeness (QED) is 0.569. The first-order chi connectivity index (χ1) is 8.22. The molecule has 0 amide bonds. The number of alkyl halides is 3. The predicted octanol–water partition coefficient (Wildman–Crippen LogP) is 5.98. The molecule has 0 radical (unpaired) electrons. The third-order valence-electron chi connectivity index (χ3n) is 3.01. The van der Waals surface area contributed by atoms with Crippen LogP contribution in [0.2, 0.25) is 0 Å². The number of hydrogen-bond acceptors (Lipinski definition) is 1. The summed E-state index contributed by atoms with van der Waals surface area (Å²) in [5, 5.41) is 11.2. The zero-order chi connectivity index (χ0) is 14.1. The highest BCUT2D eigenvalue weighted by Crippen LogP contribution is 2.47. The number of aromatic hydroxyl groups is 1. The largest absolute Gasteiger partial charge is 0.507 e. The lowest BCUT2D eigenvalue weighted by atomic mass is 9.89. The highest BCUT2D eigenvalue weighted by molar-refractivity contribution is 9.25. The van der Waals surface area contributed by atoms with Crippen molar-refractivity contribution in [1.29, 1.82) is 0 Å². The van der Waals surface area contributed by atoms with Gasteiger partial charge in [0.15, 0.2) is 0 Å². The Labute approximate surface area is 135 Å². The molecular weight excluding hydrogens is 424 g/mol. The van der Waals surface area contributed by atoms with Crippen LogP contribution in [-0.4, -0.2) is 10.4 Å². The molecule has 0 aliphatic heterocycles. The highest BCUT2D eigenvalue weighted by atomic mass is 79.9. The number of phenolic OH excluding ortho intramolecular Hbond substituents is 1. The van der Waals surface area contributed by atoms with Gasteiger partial charge in [0.25, 0.3) is 0 Å². The summed E-state index contributed by atoms with van der Waals surface area (Å²) in [6.45, 7) is 8.40. The summed E-state index contributed by atoms with van der Waals surface area (Å²) in [6.07, 6.45) is 0. The minimum Gasteiger partial charge on any atom is -0.507 e. The molecule has 1 rings (SSSR count). The first-order valence-corrected chi connectivity index (χ1v) is 8.73. The van der Waals surface area contributed by atoms with E-state index in [2.05, 4.69) is 81.6 Å². The van der Waals surface area contributed by atoms with Crippen LogP contribution in [-0.2, 0) is 3.23 Å². The van der Waals surface area contributed by atoms with E-state index in [4.69, 9.17) is 0 Å². The van der Waals surface area contributed by atoms with E-state index in [0.29, 0.717) is 11.7 Å². The standard InChI is InChI=1S/C14H19Br3O/c1-8(2)10-5-6-11(14(16,17)7-15)12(9(3)4)13(10)18/h5-6,8-9,18H,7H2,1-4H3. The summed E-state index contributed by atoms with van der Waals surface area (Å²) >= 11 is 10.8. The third-order valence-corrected chi connectivity index (χ3v) is 6.77. The third kappa shape index (κ3) is 3.31. The Kier molecular flexibility index (Phi) is 5.76. The van der Waals surface area contributed by atoms with Crippen LogP contribution in [0.25, 0.3) is 0 Å². The fraction of sp³-hybridized carbons (Fsp3) is 0.571. The van der Waals surface area contributed by atoms with Crippen LogP contribution in [0, 0.1) is 0 Å². The van der Waals surface area contributed by atoms with E-state index in [1.807, 2.05) is 6.07 Å². The zero-order valence-electron chi connectivity index (χ0n) is 11.1. The van der Waals surface area contributed by atoms with Crippen LogP contribution in [0.5, 0.6) is 5.75 Å². The van der Waals surface area contributed by atoms with Crippen LogP contribution in [0.1, 0.15) is 56.2 Å². The average molecular weight is 443 g/mol. The van der Waals surface area contributed by atoms with Gasteiger partial charge in [-0.25, -0.2) is 0 Å². The topological polar surface area (TPSA) is 20.2 Å². The van der Waals surface area contributed by atoms with Crippen LogP contribution in [0.4, 0.5) is 0 Å². The average Bonchev–Trinajstić information content (AvgIpc) is 2.27. The molecule has 0 saturated heterocycles. The molecule has 0 aliphatic rings. The van der Waals surface area contributed by atoms with Gasteiger partial charge in [-0.3, -0.25) is 0 Å². The second-order valence-corrected chi connectivity index (χ2v) is 9.44. The molecule has 4 heteroatoms. The van der Waals surface area contributed by atoms with Crippen molar-refractivity contribution >= 4 is 47.8 Å². The lowest BCUT2D eigenvalue weighted by Gasteiger charge is -2.26. The maximum Gasteiger partial charge on any atom is 0.122 e. The lowest BCUT2D eigenvalue weighted by Crippen LogP contribution is -2.15. The fourth-order valence-corrected chi connectivity index (χ4v) is 3.06. The molecule has 1 aromatic carbocycles. The Morgan fingerprint density at radius 3 is 2.06 bits per heavy atom. The van der Waals surface area contributed by atoms with Crippen molar-refractivity contribution in [2.45, 2.75) is 42.8 Å². The number of halogens is 3. The molecule has 1 aromatic rings. The van der Waals surface area contributed by atoms with Gasteiger partial charge in [0.1, 0.15) is 8.98 Å². The van der Waals surface area contributed by atoms with E-state index in [1.54, 1.807) is 0 Å². The van der Waals surface area contributed by atoms with Gasteiger partial charge in [-0.2, -0.15) is 0 Å². The van der Waals surface area contributed by atoms with Gasteiger partial charge in [0.2, 0.25) is 0 Å². The molecule has 18 heavy (non-hydrogen) atoms. The molecule has 1 nitrogen and oxygen atoms in total. The van der Waals surface area contributed by atoms with Gasteiger partial charge < -0.3 is 5.11 Å². The van der Waals surface area contributed by atoms with E-state index in [-0.39, 0.29) is 9.15 Å². The van der Waals surface area contributed by atoms with Gasteiger partial charge in [-0.15, -0.1) is 0 Å². The van der Waals surface area contributed by atoms with Crippen LogP contribution < -0.4 is 0 Å².